The third-order valence-corrected chi connectivity index (χ3v) is 1.44. The van der Waals surface area contributed by atoms with Crippen molar-refractivity contribution in [3.8, 4) is 0 Å². The molecule has 0 fully saturated rings. The van der Waals surface area contributed by atoms with Gasteiger partial charge in [-0.05, 0) is 13.8 Å². The minimum absolute atomic E-state index is 0.242. The van der Waals surface area contributed by atoms with E-state index >= 15 is 0 Å². The number of hydrogen-bond acceptors (Lipinski definition) is 4. The largest absolute Gasteiger partial charge is 0.394 e. The molecule has 0 saturated carbocycles. The summed E-state index contributed by atoms with van der Waals surface area (Å²) in [5, 5.41) is 0. The Labute approximate surface area is 95.4 Å². The molecule has 0 aliphatic rings. The molecule has 0 aromatic heterocycles. The van der Waals surface area contributed by atoms with Crippen molar-refractivity contribution in [1.29, 1.82) is 0 Å². The van der Waals surface area contributed by atoms with Crippen LogP contribution in [0.15, 0.2) is 12.2 Å². The molecule has 0 saturated heterocycles. The molecular weight excluding hydrogens is 238 g/mol. The SMILES string of the molecule is C=C(C)C(=O)O[N+](C)(C)CC.O=S(=O)(O)O. The summed E-state index contributed by atoms with van der Waals surface area (Å²) < 4.78 is 31.8. The first kappa shape index (κ1) is 17.4. The van der Waals surface area contributed by atoms with Gasteiger partial charge in [-0.25, -0.2) is 4.79 Å². The van der Waals surface area contributed by atoms with Gasteiger partial charge in [0.05, 0.1) is 0 Å². The summed E-state index contributed by atoms with van der Waals surface area (Å²) in [6.45, 7) is 7.82. The maximum absolute atomic E-state index is 11.0. The molecule has 0 unspecified atom stereocenters. The van der Waals surface area contributed by atoms with Gasteiger partial charge in [-0.3, -0.25) is 13.9 Å². The fraction of sp³-hybridized carbons (Fsp3) is 0.625. The van der Waals surface area contributed by atoms with Crippen LogP contribution in [0.5, 0.6) is 0 Å². The minimum atomic E-state index is -4.67. The second kappa shape index (κ2) is 6.59. The van der Waals surface area contributed by atoms with Gasteiger partial charge in [-0.2, -0.15) is 8.42 Å². The molecule has 0 rings (SSSR count). The lowest BCUT2D eigenvalue weighted by Gasteiger charge is -2.23. The first-order valence-electron chi connectivity index (χ1n) is 4.31. The number of rotatable bonds is 3. The average molecular weight is 256 g/mol. The van der Waals surface area contributed by atoms with Crippen molar-refractivity contribution in [2.45, 2.75) is 13.8 Å². The number of carbonyl (C=O) groups excluding carboxylic acids is 1. The van der Waals surface area contributed by atoms with Gasteiger partial charge in [0.15, 0.2) is 0 Å². The summed E-state index contributed by atoms with van der Waals surface area (Å²) in [5.41, 5.74) is 0.435. The van der Waals surface area contributed by atoms with Crippen molar-refractivity contribution in [2.24, 2.45) is 0 Å². The molecule has 2 N–H and O–H groups in total. The van der Waals surface area contributed by atoms with E-state index in [4.69, 9.17) is 22.4 Å². The van der Waals surface area contributed by atoms with Crippen LogP contribution in [0, 0.1) is 0 Å². The predicted octanol–water partition coefficient (Wildman–Crippen LogP) is 0.464. The Bertz CT molecular complexity index is 338. The number of hydroxylamine groups is 3. The molecule has 0 bridgehead atoms. The Hall–Kier alpha value is -0.960. The number of nitrogens with zero attached hydrogens (tertiary/aromatic N) is 1. The standard InChI is InChI=1S/C8H16NO2.H2O4S/c1-6-9(4,5)11-8(10)7(2)3;1-5(2,3)4/h2,6H2,1,3-5H3;(H2,1,2,3,4)/q+1;. The molecule has 0 aromatic carbocycles. The van der Waals surface area contributed by atoms with Crippen molar-refractivity contribution in [1.82, 2.24) is 0 Å². The normalized spacial score (nSPS) is 11.1. The van der Waals surface area contributed by atoms with Gasteiger partial charge < -0.3 is 0 Å². The Balaban J connectivity index is 0. The third kappa shape index (κ3) is 15.5. The molecule has 96 valence electrons. The number of hydrogen-bond donors (Lipinski definition) is 2. The van der Waals surface area contributed by atoms with Crippen molar-refractivity contribution < 1.29 is 31.8 Å². The Morgan fingerprint density at radius 1 is 1.38 bits per heavy atom. The lowest BCUT2D eigenvalue weighted by Crippen LogP contribution is -2.41. The van der Waals surface area contributed by atoms with Gasteiger partial charge in [-0.1, -0.05) is 6.58 Å². The summed E-state index contributed by atoms with van der Waals surface area (Å²) in [6.07, 6.45) is 0. The quantitative estimate of drug-likeness (QED) is 0.329. The van der Waals surface area contributed by atoms with Gasteiger partial charge >= 0.3 is 16.4 Å². The van der Waals surface area contributed by atoms with Crippen LogP contribution in [0.1, 0.15) is 13.8 Å². The fourth-order valence-electron chi connectivity index (χ4n) is 0.367. The molecule has 8 heteroatoms. The summed E-state index contributed by atoms with van der Waals surface area (Å²) in [6, 6.07) is 0. The second-order valence-electron chi connectivity index (χ2n) is 3.50. The van der Waals surface area contributed by atoms with Crippen LogP contribution in [0.2, 0.25) is 0 Å². The smallest absolute Gasteiger partial charge is 0.272 e. The second-order valence-corrected chi connectivity index (χ2v) is 4.39. The molecule has 0 radical (unpaired) electrons. The third-order valence-electron chi connectivity index (χ3n) is 1.44. The summed E-state index contributed by atoms with van der Waals surface area (Å²) in [5.74, 6) is -0.336. The van der Waals surface area contributed by atoms with Crippen molar-refractivity contribution >= 4 is 16.4 Å². The first-order valence-corrected chi connectivity index (χ1v) is 5.71. The Kier molecular flexibility index (Phi) is 7.18. The van der Waals surface area contributed by atoms with E-state index in [2.05, 4.69) is 6.58 Å². The molecule has 0 aromatic rings. The van der Waals surface area contributed by atoms with Crippen molar-refractivity contribution in [2.75, 3.05) is 20.6 Å². The van der Waals surface area contributed by atoms with Gasteiger partial charge in [0, 0.05) is 5.57 Å². The van der Waals surface area contributed by atoms with Gasteiger partial charge in [-0.15, -0.1) is 4.65 Å². The van der Waals surface area contributed by atoms with Crippen LogP contribution in [-0.2, 0) is 20.0 Å². The highest BCUT2D eigenvalue weighted by atomic mass is 32.3. The van der Waals surface area contributed by atoms with Gasteiger partial charge in [0.1, 0.15) is 20.6 Å². The van der Waals surface area contributed by atoms with Crippen LogP contribution in [0.3, 0.4) is 0 Å². The molecule has 0 heterocycles. The monoisotopic (exact) mass is 256 g/mol. The number of carbonyl (C=O) groups is 1. The zero-order valence-electron chi connectivity index (χ0n) is 9.80. The van der Waals surface area contributed by atoms with E-state index in [1.165, 1.54) is 0 Å². The summed E-state index contributed by atoms with van der Waals surface area (Å²) in [7, 11) is -1.03. The van der Waals surface area contributed by atoms with E-state index in [0.717, 1.165) is 6.54 Å². The number of quaternary nitrogens is 1. The van der Waals surface area contributed by atoms with Crippen LogP contribution in [-0.4, -0.2) is 48.8 Å². The van der Waals surface area contributed by atoms with Crippen LogP contribution < -0.4 is 0 Å². The van der Waals surface area contributed by atoms with Gasteiger partial charge in [0.25, 0.3) is 0 Å². The molecular formula is C8H18NO6S+. The zero-order chi connectivity index (χ0) is 13.6. The highest BCUT2D eigenvalue weighted by Crippen LogP contribution is 2.02. The van der Waals surface area contributed by atoms with Gasteiger partial charge in [0.2, 0.25) is 0 Å². The maximum Gasteiger partial charge on any atom is 0.394 e. The van der Waals surface area contributed by atoms with E-state index in [9.17, 15) is 4.79 Å². The van der Waals surface area contributed by atoms with E-state index in [0.29, 0.717) is 5.57 Å². The van der Waals surface area contributed by atoms with E-state index in [1.807, 2.05) is 21.0 Å². The minimum Gasteiger partial charge on any atom is -0.272 e. The fourth-order valence-corrected chi connectivity index (χ4v) is 0.367. The molecule has 7 nitrogen and oxygen atoms in total. The van der Waals surface area contributed by atoms with Crippen molar-refractivity contribution in [3.63, 3.8) is 0 Å². The predicted molar refractivity (Wildman–Crippen MR) is 57.7 cm³/mol. The zero-order valence-corrected chi connectivity index (χ0v) is 10.6. The summed E-state index contributed by atoms with van der Waals surface area (Å²) in [4.78, 5) is 16.0. The molecule has 0 spiro atoms. The van der Waals surface area contributed by atoms with Crippen LogP contribution >= 0.6 is 0 Å². The molecule has 0 aliphatic carbocycles. The molecule has 16 heavy (non-hydrogen) atoms. The lowest BCUT2D eigenvalue weighted by molar-refractivity contribution is -1.06. The molecule has 0 aliphatic heterocycles. The Morgan fingerprint density at radius 2 is 1.69 bits per heavy atom. The topological polar surface area (TPSA) is 101 Å². The van der Waals surface area contributed by atoms with Crippen LogP contribution in [0.25, 0.3) is 0 Å². The lowest BCUT2D eigenvalue weighted by atomic mass is 10.4. The summed E-state index contributed by atoms with van der Waals surface area (Å²) >= 11 is 0. The molecule has 0 atom stereocenters. The van der Waals surface area contributed by atoms with Crippen molar-refractivity contribution in [3.05, 3.63) is 12.2 Å². The maximum atomic E-state index is 11.0. The van der Waals surface area contributed by atoms with E-state index in [-0.39, 0.29) is 10.6 Å². The highest BCUT2D eigenvalue weighted by molar-refractivity contribution is 7.79. The molecule has 0 amide bonds. The van der Waals surface area contributed by atoms with E-state index < -0.39 is 10.4 Å². The average Bonchev–Trinajstić information content (AvgIpc) is 2.00. The Morgan fingerprint density at radius 3 is 1.88 bits per heavy atom. The van der Waals surface area contributed by atoms with Crippen LogP contribution in [0.4, 0.5) is 0 Å². The highest BCUT2D eigenvalue weighted by Gasteiger charge is 2.19. The van der Waals surface area contributed by atoms with E-state index in [1.54, 1.807) is 6.92 Å². The first-order chi connectivity index (χ1) is 6.89.